The van der Waals surface area contributed by atoms with E-state index in [1.165, 1.54) is 22.6 Å². The van der Waals surface area contributed by atoms with Crippen LogP contribution in [0.5, 0.6) is 5.75 Å². The van der Waals surface area contributed by atoms with E-state index in [1.54, 1.807) is 7.11 Å². The summed E-state index contributed by atoms with van der Waals surface area (Å²) in [6, 6.07) is 16.9. The van der Waals surface area contributed by atoms with Crippen molar-refractivity contribution in [3.63, 3.8) is 0 Å². The number of rotatable bonds is 3. The molecule has 1 radical (unpaired) electrons. The molecule has 2 aromatic rings. The fourth-order valence-electron chi connectivity index (χ4n) is 3.89. The SMILES string of the molecule is COc1ccc2c(c1)N(c1ccccc1)C1=C[CH-]CC12.C[Si](C)[N-]C(C)(C)C.[Cl-].[Cl-].[Ti+4]. The molecular weight excluding hydrogens is 479 g/mol. The molecule has 1 atom stereocenters. The smallest absolute Gasteiger partial charge is 1.00 e. The van der Waals surface area contributed by atoms with Crippen LogP contribution in [0.3, 0.4) is 0 Å². The van der Waals surface area contributed by atoms with Crippen LogP contribution in [0.2, 0.25) is 13.1 Å². The fraction of sp³-hybridized carbons (Fsp3) is 0.375. The van der Waals surface area contributed by atoms with Gasteiger partial charge < -0.3 is 39.4 Å². The number of benzene rings is 2. The normalized spacial score (nSPS) is 15.6. The molecule has 0 bridgehead atoms. The zero-order chi connectivity index (χ0) is 20.3. The van der Waals surface area contributed by atoms with E-state index >= 15 is 0 Å². The Morgan fingerprint density at radius 1 is 1.06 bits per heavy atom. The topological polar surface area (TPSA) is 26.6 Å². The Morgan fingerprint density at radius 2 is 1.71 bits per heavy atom. The molecule has 0 saturated carbocycles. The summed E-state index contributed by atoms with van der Waals surface area (Å²) in [5.74, 6) is 1.41. The molecule has 0 amide bonds. The maximum absolute atomic E-state index is 5.39. The molecule has 1 unspecified atom stereocenters. The first kappa shape index (κ1) is 30.1. The number of anilines is 2. The van der Waals surface area contributed by atoms with Crippen molar-refractivity contribution in [1.29, 1.82) is 0 Å². The summed E-state index contributed by atoms with van der Waals surface area (Å²) >= 11 is 0. The first-order valence-electron chi connectivity index (χ1n) is 9.89. The van der Waals surface area contributed by atoms with Gasteiger partial charge in [0.2, 0.25) is 0 Å². The van der Waals surface area contributed by atoms with Gasteiger partial charge in [-0.3, -0.25) is 0 Å². The zero-order valence-electron chi connectivity index (χ0n) is 19.1. The second-order valence-corrected chi connectivity index (χ2v) is 10.6. The molecule has 3 nitrogen and oxygen atoms in total. The molecule has 0 N–H and O–H groups in total. The van der Waals surface area contributed by atoms with Gasteiger partial charge in [-0.2, -0.15) is 0 Å². The molecule has 0 fully saturated rings. The van der Waals surface area contributed by atoms with Crippen molar-refractivity contribution in [3.05, 3.63) is 77.3 Å². The molecule has 0 aromatic heterocycles. The number of para-hydroxylation sites is 1. The quantitative estimate of drug-likeness (QED) is 0.452. The van der Waals surface area contributed by atoms with Crippen LogP contribution in [-0.2, 0) is 21.7 Å². The molecule has 2 aromatic carbocycles. The number of halogens is 2. The van der Waals surface area contributed by atoms with Gasteiger partial charge in [0.1, 0.15) is 5.75 Å². The molecule has 2 aliphatic rings. The predicted octanol–water partition coefficient (Wildman–Crippen LogP) is 0.838. The van der Waals surface area contributed by atoms with E-state index in [1.807, 2.05) is 0 Å². The molecular formula is C24H31Cl2N2OSiTi. The van der Waals surface area contributed by atoms with Gasteiger partial charge >= 0.3 is 21.7 Å². The third-order valence-electron chi connectivity index (χ3n) is 4.70. The minimum atomic E-state index is -0.367. The summed E-state index contributed by atoms with van der Waals surface area (Å²) in [7, 11) is 1.35. The van der Waals surface area contributed by atoms with E-state index < -0.39 is 0 Å². The largest absolute Gasteiger partial charge is 4.00 e. The Morgan fingerprint density at radius 3 is 2.23 bits per heavy atom. The van der Waals surface area contributed by atoms with Crippen molar-refractivity contribution in [1.82, 2.24) is 0 Å². The molecule has 0 spiro atoms. The summed E-state index contributed by atoms with van der Waals surface area (Å²) in [6.45, 7) is 10.8. The number of allylic oxidation sites excluding steroid dienone is 2. The van der Waals surface area contributed by atoms with Gasteiger partial charge in [-0.15, -0.1) is 17.7 Å². The molecule has 31 heavy (non-hydrogen) atoms. The second-order valence-electron chi connectivity index (χ2n) is 8.44. The third-order valence-corrected chi connectivity index (χ3v) is 5.82. The summed E-state index contributed by atoms with van der Waals surface area (Å²) in [5, 5.41) is 0. The molecule has 0 saturated heterocycles. The summed E-state index contributed by atoms with van der Waals surface area (Å²) < 4.78 is 5.39. The van der Waals surface area contributed by atoms with Gasteiger partial charge in [0.05, 0.1) is 7.11 Å². The van der Waals surface area contributed by atoms with Gasteiger partial charge in [0.25, 0.3) is 0 Å². The van der Waals surface area contributed by atoms with Gasteiger partial charge in [0.15, 0.2) is 0 Å². The number of ether oxygens (including phenoxy) is 1. The van der Waals surface area contributed by atoms with Crippen molar-refractivity contribution in [2.75, 3.05) is 12.0 Å². The van der Waals surface area contributed by atoms with E-state index in [-0.39, 0.29) is 61.0 Å². The van der Waals surface area contributed by atoms with Crippen LogP contribution in [0.25, 0.3) is 4.98 Å². The molecule has 4 rings (SSSR count). The first-order chi connectivity index (χ1) is 13.3. The minimum Gasteiger partial charge on any atom is -1.00 e. The van der Waals surface area contributed by atoms with Crippen molar-refractivity contribution < 1.29 is 51.3 Å². The van der Waals surface area contributed by atoms with Crippen molar-refractivity contribution in [3.8, 4) is 5.75 Å². The average Bonchev–Trinajstić information content (AvgIpc) is 3.20. The van der Waals surface area contributed by atoms with Gasteiger partial charge in [-0.25, -0.2) is 12.5 Å². The monoisotopic (exact) mass is 509 g/mol. The Bertz CT molecular complexity index is 841. The van der Waals surface area contributed by atoms with E-state index in [0.29, 0.717) is 5.92 Å². The van der Waals surface area contributed by atoms with E-state index in [0.717, 1.165) is 12.2 Å². The number of hydrogen-bond donors (Lipinski definition) is 0. The van der Waals surface area contributed by atoms with Crippen LogP contribution < -0.4 is 34.5 Å². The van der Waals surface area contributed by atoms with E-state index in [2.05, 4.69) is 105 Å². The maximum atomic E-state index is 5.39. The Hall–Kier alpha value is -0.879. The van der Waals surface area contributed by atoms with E-state index in [4.69, 9.17) is 4.74 Å². The first-order valence-corrected chi connectivity index (χ1v) is 12.3. The third kappa shape index (κ3) is 7.59. The van der Waals surface area contributed by atoms with Crippen molar-refractivity contribution in [2.45, 2.75) is 51.7 Å². The van der Waals surface area contributed by atoms with Crippen LogP contribution >= 0.6 is 0 Å². The predicted molar refractivity (Wildman–Crippen MR) is 122 cm³/mol. The van der Waals surface area contributed by atoms with Gasteiger partial charge in [-0.05, 0) is 23.8 Å². The van der Waals surface area contributed by atoms with Crippen LogP contribution in [-0.4, -0.2) is 21.6 Å². The molecule has 165 valence electrons. The standard InChI is InChI=1S/C18H16NO.C6H15NSi.2ClH.Ti/c1-20-14-10-11-16-15-8-5-9-17(15)19(18(16)12-14)13-6-3-2-4-7-13;1-6(2,3)7-8(4)5;;;/h2-7,9-12,15H,8H2,1H3;1-5H3;2*1H;/q2*-1;;;+4/p-2. The average molecular weight is 510 g/mol. The number of nitrogens with zero attached hydrogens (tertiary/aromatic N) is 2. The molecule has 1 aliphatic carbocycles. The fourth-order valence-corrected chi connectivity index (χ4v) is 5.23. The number of fused-ring (bicyclic) bond motifs is 3. The maximum Gasteiger partial charge on any atom is 4.00 e. The van der Waals surface area contributed by atoms with Crippen molar-refractivity contribution >= 4 is 20.3 Å². The van der Waals surface area contributed by atoms with Crippen LogP contribution in [0.4, 0.5) is 11.4 Å². The van der Waals surface area contributed by atoms with E-state index in [9.17, 15) is 0 Å². The van der Waals surface area contributed by atoms with Crippen LogP contribution in [0.1, 0.15) is 38.7 Å². The van der Waals surface area contributed by atoms with Crippen LogP contribution in [0, 0.1) is 6.42 Å². The molecule has 7 heteroatoms. The van der Waals surface area contributed by atoms with Crippen molar-refractivity contribution in [2.24, 2.45) is 0 Å². The molecule has 1 heterocycles. The summed E-state index contributed by atoms with van der Waals surface area (Å²) in [4.78, 5) is 6.86. The number of methoxy groups -OCH3 is 1. The Kier molecular flexibility index (Phi) is 12.6. The van der Waals surface area contributed by atoms with Crippen LogP contribution in [0.15, 0.2) is 60.3 Å². The Labute approximate surface area is 217 Å². The summed E-state index contributed by atoms with van der Waals surface area (Å²) in [5.41, 5.74) is 5.43. The zero-order valence-corrected chi connectivity index (χ0v) is 23.2. The molecule has 1 aliphatic heterocycles. The number of hydrogen-bond acceptors (Lipinski definition) is 2. The minimum absolute atomic E-state index is 0. The Balaban J connectivity index is 0.000000719. The summed E-state index contributed by atoms with van der Waals surface area (Å²) in [6.07, 6.45) is 5.62. The van der Waals surface area contributed by atoms with Gasteiger partial charge in [-0.1, -0.05) is 73.0 Å². The van der Waals surface area contributed by atoms with Gasteiger partial charge in [0, 0.05) is 17.4 Å². The second kappa shape index (κ2) is 13.0.